The number of carbonyl (C=O) groups excluding carboxylic acids is 1. The van der Waals surface area contributed by atoms with Crippen LogP contribution in [-0.4, -0.2) is 36.5 Å². The fourth-order valence-corrected chi connectivity index (χ4v) is 4.58. The quantitative estimate of drug-likeness (QED) is 0.438. The third kappa shape index (κ3) is 2.50. The van der Waals surface area contributed by atoms with Gasteiger partial charge in [-0.15, -0.1) is 12.5 Å². The summed E-state index contributed by atoms with van der Waals surface area (Å²) in [5.74, 6) is 6.15. The van der Waals surface area contributed by atoms with Gasteiger partial charge in [-0.1, -0.05) is 19.9 Å². The average Bonchev–Trinajstić information content (AvgIpc) is 2.53. The maximum Gasteiger partial charge on any atom is 0.308 e. The molecule has 1 saturated heterocycles. The van der Waals surface area contributed by atoms with Crippen molar-refractivity contribution < 1.29 is 19.0 Å². The third-order valence-corrected chi connectivity index (χ3v) is 5.68. The smallest absolute Gasteiger partial charge is 0.308 e. The number of ether oxygens (including phenoxy) is 3. The monoisotopic (exact) mass is 334 g/mol. The van der Waals surface area contributed by atoms with Crippen LogP contribution in [0.4, 0.5) is 0 Å². The Bertz CT molecular complexity index is 560. The van der Waals surface area contributed by atoms with Gasteiger partial charge in [0.05, 0.1) is 6.42 Å². The second-order valence-electron chi connectivity index (χ2n) is 7.04. The largest absolute Gasteiger partial charge is 0.440 e. The van der Waals surface area contributed by atoms with Crippen LogP contribution >= 0.6 is 0 Å². The van der Waals surface area contributed by atoms with Crippen molar-refractivity contribution in [3.63, 3.8) is 0 Å². The van der Waals surface area contributed by atoms with E-state index >= 15 is 0 Å². The van der Waals surface area contributed by atoms with E-state index in [9.17, 15) is 4.79 Å². The van der Waals surface area contributed by atoms with Crippen molar-refractivity contribution in [2.24, 2.45) is 11.3 Å². The van der Waals surface area contributed by atoms with Gasteiger partial charge in [0.25, 0.3) is 0 Å². The summed E-state index contributed by atoms with van der Waals surface area (Å²) >= 11 is 0. The number of esters is 1. The molecule has 4 nitrogen and oxygen atoms in total. The Labute approximate surface area is 145 Å². The summed E-state index contributed by atoms with van der Waals surface area (Å²) in [5.41, 5.74) is -2.42. The van der Waals surface area contributed by atoms with Crippen LogP contribution in [0.1, 0.15) is 53.9 Å². The lowest BCUT2D eigenvalue weighted by molar-refractivity contribution is -0.296. The fraction of sp³-hybridized carbons (Fsp3) is 0.750. The van der Waals surface area contributed by atoms with Gasteiger partial charge in [0.2, 0.25) is 5.60 Å². The highest BCUT2D eigenvalue weighted by Gasteiger charge is 2.72. The molecule has 0 N–H and O–H groups in total. The molecule has 2 aliphatic rings. The van der Waals surface area contributed by atoms with E-state index in [0.717, 1.165) is 12.8 Å². The second-order valence-corrected chi connectivity index (χ2v) is 7.04. The van der Waals surface area contributed by atoms with Crippen LogP contribution in [0.3, 0.4) is 0 Å². The highest BCUT2D eigenvalue weighted by atomic mass is 16.6. The number of fused-ring (bicyclic) bond motifs is 1. The van der Waals surface area contributed by atoms with Gasteiger partial charge in [-0.05, 0) is 45.5 Å². The van der Waals surface area contributed by atoms with Gasteiger partial charge in [-0.3, -0.25) is 4.79 Å². The standard InChI is InChI=1S/C20H30O4/c1-7-12-19-17(22-9-3)15(5)11-13-20(19,23-10-4)18(6,8-2)14-16(21)24-19/h8,15,17H,2,9-11,13-14H2,1,3-6H3/t15?,17?,18-,19?,20-/m0/s1. The Morgan fingerprint density at radius 2 is 2.12 bits per heavy atom. The van der Waals surface area contributed by atoms with E-state index in [0.29, 0.717) is 13.2 Å². The fourth-order valence-electron chi connectivity index (χ4n) is 4.58. The van der Waals surface area contributed by atoms with Crippen LogP contribution < -0.4 is 0 Å². The summed E-state index contributed by atoms with van der Waals surface area (Å²) in [5, 5.41) is 0. The lowest BCUT2D eigenvalue weighted by Crippen LogP contribution is -2.76. The van der Waals surface area contributed by atoms with Gasteiger partial charge in [-0.2, -0.15) is 0 Å². The highest BCUT2D eigenvalue weighted by molar-refractivity contribution is 5.74. The molecule has 0 spiro atoms. The molecule has 0 aromatic heterocycles. The van der Waals surface area contributed by atoms with Gasteiger partial charge in [0.15, 0.2) is 0 Å². The van der Waals surface area contributed by atoms with Crippen LogP contribution in [0, 0.1) is 23.2 Å². The van der Waals surface area contributed by atoms with Gasteiger partial charge >= 0.3 is 5.97 Å². The zero-order chi connectivity index (χ0) is 18.0. The van der Waals surface area contributed by atoms with Crippen molar-refractivity contribution in [3.8, 4) is 11.8 Å². The molecule has 2 rings (SSSR count). The van der Waals surface area contributed by atoms with Gasteiger partial charge in [0.1, 0.15) is 11.7 Å². The molecular formula is C20H30O4. The Morgan fingerprint density at radius 3 is 2.67 bits per heavy atom. The van der Waals surface area contributed by atoms with E-state index in [1.165, 1.54) is 0 Å². The van der Waals surface area contributed by atoms with Crippen LogP contribution in [0.2, 0.25) is 0 Å². The lowest BCUT2D eigenvalue weighted by Gasteiger charge is -2.62. The molecule has 1 aliphatic heterocycles. The van der Waals surface area contributed by atoms with Crippen LogP contribution in [0.5, 0.6) is 0 Å². The van der Waals surface area contributed by atoms with Crippen LogP contribution in [0.25, 0.3) is 0 Å². The first kappa shape index (κ1) is 19.0. The summed E-state index contributed by atoms with van der Waals surface area (Å²) in [7, 11) is 0. The normalized spacial score (nSPS) is 41.6. The lowest BCUT2D eigenvalue weighted by atomic mass is 9.53. The number of hydrogen-bond donors (Lipinski definition) is 0. The third-order valence-electron chi connectivity index (χ3n) is 5.68. The minimum atomic E-state index is -1.11. The number of hydrogen-bond acceptors (Lipinski definition) is 4. The van der Waals surface area contributed by atoms with Gasteiger partial charge < -0.3 is 14.2 Å². The molecule has 24 heavy (non-hydrogen) atoms. The summed E-state index contributed by atoms with van der Waals surface area (Å²) < 4.78 is 18.5. The molecule has 1 aliphatic carbocycles. The van der Waals surface area contributed by atoms with Crippen molar-refractivity contribution in [2.75, 3.05) is 13.2 Å². The van der Waals surface area contributed by atoms with E-state index in [1.54, 1.807) is 6.92 Å². The predicted molar refractivity (Wildman–Crippen MR) is 93.4 cm³/mol. The van der Waals surface area contributed by atoms with Crippen LogP contribution in [-0.2, 0) is 19.0 Å². The van der Waals surface area contributed by atoms with Gasteiger partial charge in [-0.25, -0.2) is 0 Å². The zero-order valence-corrected chi connectivity index (χ0v) is 15.6. The minimum absolute atomic E-state index is 0.222. The van der Waals surface area contributed by atoms with Crippen molar-refractivity contribution in [1.29, 1.82) is 0 Å². The van der Waals surface area contributed by atoms with E-state index in [2.05, 4.69) is 25.3 Å². The molecule has 0 aromatic rings. The van der Waals surface area contributed by atoms with Crippen molar-refractivity contribution in [2.45, 2.75) is 71.2 Å². The molecule has 0 aromatic carbocycles. The second kappa shape index (κ2) is 6.90. The van der Waals surface area contributed by atoms with Crippen molar-refractivity contribution >= 4 is 5.97 Å². The molecule has 5 atom stereocenters. The van der Waals surface area contributed by atoms with Gasteiger partial charge in [0, 0.05) is 18.6 Å². The molecular weight excluding hydrogens is 304 g/mol. The first-order valence-corrected chi connectivity index (χ1v) is 8.91. The van der Waals surface area contributed by atoms with Crippen molar-refractivity contribution in [3.05, 3.63) is 12.7 Å². The van der Waals surface area contributed by atoms with Crippen LogP contribution in [0.15, 0.2) is 12.7 Å². The predicted octanol–water partition coefficient (Wildman–Crippen LogP) is 3.50. The maximum absolute atomic E-state index is 12.5. The number of carbonyl (C=O) groups is 1. The molecule has 0 amide bonds. The Balaban J connectivity index is 2.76. The molecule has 0 radical (unpaired) electrons. The summed E-state index contributed by atoms with van der Waals surface area (Å²) in [6.07, 6.45) is 3.46. The summed E-state index contributed by atoms with van der Waals surface area (Å²) in [6, 6.07) is 0. The Hall–Kier alpha value is -1.31. The van der Waals surface area contributed by atoms with E-state index in [1.807, 2.05) is 26.8 Å². The summed E-state index contributed by atoms with van der Waals surface area (Å²) in [6.45, 7) is 14.9. The molecule has 1 saturated carbocycles. The Morgan fingerprint density at radius 1 is 1.42 bits per heavy atom. The summed E-state index contributed by atoms with van der Waals surface area (Å²) in [4.78, 5) is 12.5. The van der Waals surface area contributed by atoms with E-state index < -0.39 is 16.6 Å². The average molecular weight is 334 g/mol. The minimum Gasteiger partial charge on any atom is -0.440 e. The van der Waals surface area contributed by atoms with E-state index in [-0.39, 0.29) is 24.4 Å². The highest BCUT2D eigenvalue weighted by Crippen LogP contribution is 2.59. The molecule has 1 heterocycles. The Kier molecular flexibility index (Phi) is 5.47. The molecule has 134 valence electrons. The SMILES string of the molecule is C=C[C@@]1(C)CC(=O)OC2(C#CC)C(OCC)C(C)CC[C@@]21OCC. The molecule has 4 heteroatoms. The first-order valence-electron chi connectivity index (χ1n) is 8.91. The van der Waals surface area contributed by atoms with E-state index in [4.69, 9.17) is 14.2 Å². The number of rotatable bonds is 5. The molecule has 2 fully saturated rings. The topological polar surface area (TPSA) is 44.8 Å². The zero-order valence-electron chi connectivity index (χ0n) is 15.6. The maximum atomic E-state index is 12.5. The first-order chi connectivity index (χ1) is 11.4. The molecule has 0 bridgehead atoms. The molecule has 3 unspecified atom stereocenters. The van der Waals surface area contributed by atoms with Crippen molar-refractivity contribution in [1.82, 2.24) is 0 Å².